The van der Waals surface area contributed by atoms with Gasteiger partial charge in [-0.2, -0.15) is 5.26 Å². The normalized spacial score (nSPS) is 9.89. The molecule has 0 saturated carbocycles. The average Bonchev–Trinajstić information content (AvgIpc) is 2.81. The molecule has 1 aromatic heterocycles. The topological polar surface area (TPSA) is 110 Å². The molecular formula is C11H10N6O2. The first kappa shape index (κ1) is 12.5. The van der Waals surface area contributed by atoms with Crippen molar-refractivity contribution in [3.8, 4) is 6.07 Å². The number of non-ortho nitro benzene ring substituents is 1. The van der Waals surface area contributed by atoms with Gasteiger partial charge in [-0.25, -0.2) is 0 Å². The first-order chi connectivity index (χ1) is 9.11. The summed E-state index contributed by atoms with van der Waals surface area (Å²) in [5.41, 5.74) is 0.633. The number of anilines is 1. The Bertz CT molecular complexity index is 657. The third kappa shape index (κ3) is 2.66. The largest absolute Gasteiger partial charge is 0.377 e. The van der Waals surface area contributed by atoms with Crippen LogP contribution in [0, 0.1) is 21.4 Å². The van der Waals surface area contributed by atoms with Gasteiger partial charge in [-0.3, -0.25) is 10.1 Å². The molecule has 1 N–H and O–H groups in total. The summed E-state index contributed by atoms with van der Waals surface area (Å²) in [6.07, 6.45) is 1.57. The first-order valence-corrected chi connectivity index (χ1v) is 5.37. The van der Waals surface area contributed by atoms with Gasteiger partial charge in [0, 0.05) is 19.2 Å². The van der Waals surface area contributed by atoms with Gasteiger partial charge >= 0.3 is 0 Å². The number of nitriles is 1. The molecule has 0 bridgehead atoms. The number of hydrogen-bond donors (Lipinski definition) is 1. The van der Waals surface area contributed by atoms with Crippen molar-refractivity contribution in [1.82, 2.24) is 14.8 Å². The Labute approximate surface area is 108 Å². The van der Waals surface area contributed by atoms with Crippen LogP contribution in [-0.2, 0) is 13.6 Å². The van der Waals surface area contributed by atoms with E-state index in [4.69, 9.17) is 5.26 Å². The van der Waals surface area contributed by atoms with E-state index in [1.807, 2.05) is 6.07 Å². The predicted molar refractivity (Wildman–Crippen MR) is 66.1 cm³/mol. The van der Waals surface area contributed by atoms with Gasteiger partial charge in [-0.15, -0.1) is 10.2 Å². The van der Waals surface area contributed by atoms with Crippen LogP contribution in [0.25, 0.3) is 0 Å². The second kappa shape index (κ2) is 5.14. The molecule has 1 aromatic carbocycles. The molecule has 8 nitrogen and oxygen atoms in total. The number of benzene rings is 1. The fourth-order valence-electron chi connectivity index (χ4n) is 1.53. The predicted octanol–water partition coefficient (Wildman–Crippen LogP) is 1.21. The molecule has 0 aliphatic carbocycles. The van der Waals surface area contributed by atoms with Gasteiger partial charge in [0.25, 0.3) is 5.69 Å². The lowest BCUT2D eigenvalue weighted by molar-refractivity contribution is -0.384. The van der Waals surface area contributed by atoms with Crippen molar-refractivity contribution in [1.29, 1.82) is 5.26 Å². The Morgan fingerprint density at radius 3 is 2.95 bits per heavy atom. The molecule has 96 valence electrons. The minimum absolute atomic E-state index is 0.110. The van der Waals surface area contributed by atoms with Crippen LogP contribution >= 0.6 is 0 Å². The van der Waals surface area contributed by atoms with E-state index < -0.39 is 4.92 Å². The van der Waals surface area contributed by atoms with Crippen molar-refractivity contribution in [3.05, 3.63) is 46.0 Å². The van der Waals surface area contributed by atoms with Gasteiger partial charge in [0.05, 0.1) is 22.7 Å². The highest BCUT2D eigenvalue weighted by molar-refractivity contribution is 5.61. The smallest absolute Gasteiger partial charge is 0.270 e. The number of rotatable bonds is 4. The molecule has 0 spiro atoms. The summed E-state index contributed by atoms with van der Waals surface area (Å²) in [6, 6.07) is 6.01. The Balaban J connectivity index is 2.19. The van der Waals surface area contributed by atoms with Crippen LogP contribution in [0.1, 0.15) is 11.4 Å². The monoisotopic (exact) mass is 258 g/mol. The summed E-state index contributed by atoms with van der Waals surface area (Å²) in [5.74, 6) is 0.697. The third-order valence-corrected chi connectivity index (χ3v) is 2.58. The van der Waals surface area contributed by atoms with E-state index >= 15 is 0 Å². The lowest BCUT2D eigenvalue weighted by Gasteiger charge is -2.07. The lowest BCUT2D eigenvalue weighted by atomic mass is 10.1. The quantitative estimate of drug-likeness (QED) is 0.651. The molecule has 0 saturated heterocycles. The van der Waals surface area contributed by atoms with Gasteiger partial charge in [0.2, 0.25) is 0 Å². The van der Waals surface area contributed by atoms with Crippen LogP contribution in [0.5, 0.6) is 0 Å². The zero-order valence-electron chi connectivity index (χ0n) is 10.1. The van der Waals surface area contributed by atoms with E-state index in [2.05, 4.69) is 15.5 Å². The number of aryl methyl sites for hydroxylation is 1. The molecule has 0 unspecified atom stereocenters. The second-order valence-corrected chi connectivity index (χ2v) is 3.81. The van der Waals surface area contributed by atoms with Gasteiger partial charge in [0.15, 0.2) is 5.82 Å². The molecule has 0 amide bonds. The van der Waals surface area contributed by atoms with E-state index in [1.54, 1.807) is 17.9 Å². The number of nitrogens with zero attached hydrogens (tertiary/aromatic N) is 5. The summed E-state index contributed by atoms with van der Waals surface area (Å²) in [4.78, 5) is 10.1. The van der Waals surface area contributed by atoms with Crippen LogP contribution in [0.3, 0.4) is 0 Å². The van der Waals surface area contributed by atoms with E-state index in [9.17, 15) is 10.1 Å². The number of nitro benzene ring substituents is 1. The van der Waals surface area contributed by atoms with E-state index in [1.165, 1.54) is 18.2 Å². The molecule has 19 heavy (non-hydrogen) atoms. The lowest BCUT2D eigenvalue weighted by Crippen LogP contribution is -2.07. The highest BCUT2D eigenvalue weighted by atomic mass is 16.6. The van der Waals surface area contributed by atoms with Gasteiger partial charge < -0.3 is 9.88 Å². The Morgan fingerprint density at radius 1 is 1.58 bits per heavy atom. The average molecular weight is 258 g/mol. The summed E-state index contributed by atoms with van der Waals surface area (Å²) in [7, 11) is 1.80. The highest BCUT2D eigenvalue weighted by Crippen LogP contribution is 2.21. The van der Waals surface area contributed by atoms with E-state index in [0.29, 0.717) is 18.1 Å². The SMILES string of the molecule is Cn1cnnc1CNc1ccc([N+](=O)[O-])cc1C#N. The summed E-state index contributed by atoms with van der Waals surface area (Å²) < 4.78 is 1.74. The molecule has 8 heteroatoms. The van der Waals surface area contributed by atoms with Crippen LogP contribution in [0.15, 0.2) is 24.5 Å². The van der Waals surface area contributed by atoms with Crippen LogP contribution in [0.2, 0.25) is 0 Å². The zero-order valence-corrected chi connectivity index (χ0v) is 10.1. The molecule has 0 fully saturated rings. The van der Waals surface area contributed by atoms with Crippen molar-refractivity contribution < 1.29 is 4.92 Å². The number of aromatic nitrogens is 3. The standard InChI is InChI=1S/C11H10N6O2/c1-16-7-14-15-11(16)6-13-10-3-2-9(17(18)19)4-8(10)5-12/h2-4,7,13H,6H2,1H3. The van der Waals surface area contributed by atoms with Gasteiger partial charge in [-0.1, -0.05) is 0 Å². The molecule has 0 aliphatic rings. The fraction of sp³-hybridized carbons (Fsp3) is 0.182. The minimum atomic E-state index is -0.534. The van der Waals surface area contributed by atoms with E-state index in [0.717, 1.165) is 0 Å². The summed E-state index contributed by atoms with van der Waals surface area (Å²) >= 11 is 0. The van der Waals surface area contributed by atoms with Crippen LogP contribution in [-0.4, -0.2) is 19.7 Å². The van der Waals surface area contributed by atoms with Crippen molar-refractivity contribution in [2.24, 2.45) is 7.05 Å². The van der Waals surface area contributed by atoms with E-state index in [-0.39, 0.29) is 11.3 Å². The number of nitro groups is 1. The van der Waals surface area contributed by atoms with Gasteiger partial charge in [-0.05, 0) is 6.07 Å². The molecule has 0 aliphatic heterocycles. The van der Waals surface area contributed by atoms with Crippen LogP contribution in [0.4, 0.5) is 11.4 Å². The molecule has 1 heterocycles. The molecule has 2 aromatic rings. The van der Waals surface area contributed by atoms with Crippen molar-refractivity contribution in [2.45, 2.75) is 6.54 Å². The molecule has 2 rings (SSSR count). The summed E-state index contributed by atoms with van der Waals surface area (Å²) in [6.45, 7) is 0.378. The highest BCUT2D eigenvalue weighted by Gasteiger charge is 2.11. The molecule has 0 radical (unpaired) electrons. The van der Waals surface area contributed by atoms with Crippen LogP contribution < -0.4 is 5.32 Å². The van der Waals surface area contributed by atoms with Crippen molar-refractivity contribution >= 4 is 11.4 Å². The number of hydrogen-bond acceptors (Lipinski definition) is 6. The van der Waals surface area contributed by atoms with Crippen molar-refractivity contribution in [3.63, 3.8) is 0 Å². The molecular weight excluding hydrogens is 248 g/mol. The minimum Gasteiger partial charge on any atom is -0.377 e. The van der Waals surface area contributed by atoms with Gasteiger partial charge in [0.1, 0.15) is 12.4 Å². The maximum Gasteiger partial charge on any atom is 0.270 e. The Hall–Kier alpha value is -2.95. The van der Waals surface area contributed by atoms with Crippen molar-refractivity contribution in [2.75, 3.05) is 5.32 Å². The zero-order chi connectivity index (χ0) is 13.8. The molecule has 0 atom stereocenters. The third-order valence-electron chi connectivity index (χ3n) is 2.58. The Kier molecular flexibility index (Phi) is 3.38. The second-order valence-electron chi connectivity index (χ2n) is 3.81. The fourth-order valence-corrected chi connectivity index (χ4v) is 1.53. The maximum absolute atomic E-state index is 10.6. The maximum atomic E-state index is 10.6. The number of nitrogens with one attached hydrogen (secondary N) is 1. The first-order valence-electron chi connectivity index (χ1n) is 5.37. The Morgan fingerprint density at radius 2 is 2.37 bits per heavy atom. The summed E-state index contributed by atoms with van der Waals surface area (Å²) in [5, 5.41) is 30.2.